The first-order chi connectivity index (χ1) is 19.4. The van der Waals surface area contributed by atoms with Crippen LogP contribution in [0, 0.1) is 11.8 Å². The summed E-state index contributed by atoms with van der Waals surface area (Å²) in [5, 5.41) is 14.8. The van der Waals surface area contributed by atoms with Crippen LogP contribution < -0.4 is 9.80 Å². The summed E-state index contributed by atoms with van der Waals surface area (Å²) in [5.74, 6) is -0.540. The molecule has 1 saturated carbocycles. The van der Waals surface area contributed by atoms with Gasteiger partial charge < -0.3 is 14.7 Å². The van der Waals surface area contributed by atoms with E-state index in [1.807, 2.05) is 48.5 Å². The third-order valence-electron chi connectivity index (χ3n) is 8.56. The lowest BCUT2D eigenvalue weighted by Crippen LogP contribution is -2.47. The second-order valence-corrected chi connectivity index (χ2v) is 11.2. The van der Waals surface area contributed by atoms with Crippen molar-refractivity contribution in [3.05, 3.63) is 71.4 Å². The molecule has 2 fully saturated rings. The molecule has 9 nitrogen and oxygen atoms in total. The van der Waals surface area contributed by atoms with Crippen LogP contribution in [-0.2, 0) is 16.1 Å². The van der Waals surface area contributed by atoms with Crippen LogP contribution in [0.15, 0.2) is 54.7 Å². The zero-order valence-corrected chi connectivity index (χ0v) is 22.7. The maximum absolute atomic E-state index is 13.9. The van der Waals surface area contributed by atoms with Gasteiger partial charge in [-0.3, -0.25) is 14.5 Å². The molecule has 2 aliphatic heterocycles. The molecular formula is C31H34N4O5. The molecule has 40 heavy (non-hydrogen) atoms. The molecule has 0 spiro atoms. The SMILES string of the molecule is CC1CCC(C(=O)N(c2nn(-c3ccc(N4Cc5ccccc5C4=O)cc3)cc2C(=O)O)C2CCOCC2)CC1. The number of fused-ring (bicyclic) bond motifs is 1. The number of amides is 2. The van der Waals surface area contributed by atoms with Gasteiger partial charge in [0.15, 0.2) is 5.82 Å². The lowest BCUT2D eigenvalue weighted by atomic mass is 9.82. The Hall–Kier alpha value is -3.98. The van der Waals surface area contributed by atoms with E-state index in [1.54, 1.807) is 9.80 Å². The summed E-state index contributed by atoms with van der Waals surface area (Å²) in [6.45, 7) is 3.77. The van der Waals surface area contributed by atoms with Gasteiger partial charge in [0.05, 0.1) is 12.2 Å². The minimum atomic E-state index is -1.12. The van der Waals surface area contributed by atoms with Crippen molar-refractivity contribution in [2.75, 3.05) is 23.0 Å². The van der Waals surface area contributed by atoms with Gasteiger partial charge in [0.2, 0.25) is 5.91 Å². The first kappa shape index (κ1) is 26.3. The van der Waals surface area contributed by atoms with E-state index in [4.69, 9.17) is 9.84 Å². The largest absolute Gasteiger partial charge is 0.477 e. The minimum Gasteiger partial charge on any atom is -0.477 e. The molecule has 2 amide bonds. The van der Waals surface area contributed by atoms with Crippen molar-refractivity contribution in [1.82, 2.24) is 9.78 Å². The smallest absolute Gasteiger partial charge is 0.341 e. The number of nitrogens with zero attached hydrogens (tertiary/aromatic N) is 4. The van der Waals surface area contributed by atoms with Crippen molar-refractivity contribution in [3.8, 4) is 5.69 Å². The molecule has 0 atom stereocenters. The molecule has 6 rings (SSSR count). The molecule has 1 aliphatic carbocycles. The van der Waals surface area contributed by atoms with Gasteiger partial charge in [-0.2, -0.15) is 0 Å². The van der Waals surface area contributed by atoms with Gasteiger partial charge in [-0.15, -0.1) is 5.10 Å². The fraction of sp³-hybridized carbons (Fsp3) is 0.419. The Morgan fingerprint density at radius 1 is 0.950 bits per heavy atom. The van der Waals surface area contributed by atoms with Crippen LogP contribution in [0.1, 0.15) is 71.7 Å². The average Bonchev–Trinajstić information content (AvgIpc) is 3.56. The molecule has 3 aliphatic rings. The predicted octanol–water partition coefficient (Wildman–Crippen LogP) is 5.07. The molecular weight excluding hydrogens is 508 g/mol. The van der Waals surface area contributed by atoms with Crippen molar-refractivity contribution in [1.29, 1.82) is 0 Å². The number of carboxylic acids is 1. The number of hydrogen-bond donors (Lipinski definition) is 1. The van der Waals surface area contributed by atoms with Crippen molar-refractivity contribution in [2.45, 2.75) is 58.0 Å². The summed E-state index contributed by atoms with van der Waals surface area (Å²) in [4.78, 5) is 42.7. The average molecular weight is 543 g/mol. The second kappa shape index (κ2) is 10.9. The van der Waals surface area contributed by atoms with E-state index in [0.29, 0.717) is 49.8 Å². The summed E-state index contributed by atoms with van der Waals surface area (Å²) in [5.41, 5.74) is 3.09. The van der Waals surface area contributed by atoms with Gasteiger partial charge in [-0.25, -0.2) is 9.48 Å². The topological polar surface area (TPSA) is 105 Å². The van der Waals surface area contributed by atoms with Crippen molar-refractivity contribution in [3.63, 3.8) is 0 Å². The van der Waals surface area contributed by atoms with E-state index >= 15 is 0 Å². The number of carboxylic acid groups (broad SMARTS) is 1. The van der Waals surface area contributed by atoms with Crippen LogP contribution in [0.4, 0.5) is 11.5 Å². The molecule has 1 N–H and O–H groups in total. The highest BCUT2D eigenvalue weighted by atomic mass is 16.5. The third kappa shape index (κ3) is 4.90. The molecule has 0 radical (unpaired) electrons. The van der Waals surface area contributed by atoms with Crippen LogP contribution in [-0.4, -0.2) is 51.9 Å². The van der Waals surface area contributed by atoms with E-state index in [-0.39, 0.29) is 35.2 Å². The number of aromatic nitrogens is 2. The lowest BCUT2D eigenvalue weighted by Gasteiger charge is -2.37. The van der Waals surface area contributed by atoms with Crippen molar-refractivity contribution in [2.24, 2.45) is 11.8 Å². The van der Waals surface area contributed by atoms with Gasteiger partial charge in [-0.1, -0.05) is 25.1 Å². The van der Waals surface area contributed by atoms with Gasteiger partial charge in [0, 0.05) is 42.6 Å². The summed E-state index contributed by atoms with van der Waals surface area (Å²) in [7, 11) is 0. The van der Waals surface area contributed by atoms with E-state index in [1.165, 1.54) is 10.9 Å². The Morgan fingerprint density at radius 3 is 2.30 bits per heavy atom. The Morgan fingerprint density at radius 2 is 1.62 bits per heavy atom. The van der Waals surface area contributed by atoms with E-state index in [9.17, 15) is 19.5 Å². The fourth-order valence-electron chi connectivity index (χ4n) is 6.18. The molecule has 3 heterocycles. The molecule has 9 heteroatoms. The van der Waals surface area contributed by atoms with Gasteiger partial charge in [-0.05, 0) is 80.3 Å². The first-order valence-electron chi connectivity index (χ1n) is 14.1. The van der Waals surface area contributed by atoms with E-state index in [0.717, 1.165) is 36.9 Å². The Bertz CT molecular complexity index is 1420. The minimum absolute atomic E-state index is 0.00161. The number of aromatic carboxylic acids is 1. The van der Waals surface area contributed by atoms with Crippen LogP contribution in [0.2, 0.25) is 0 Å². The molecule has 1 saturated heterocycles. The number of rotatable bonds is 6. The number of benzene rings is 2. The second-order valence-electron chi connectivity index (χ2n) is 11.2. The molecule has 208 valence electrons. The van der Waals surface area contributed by atoms with E-state index < -0.39 is 5.97 Å². The predicted molar refractivity (Wildman–Crippen MR) is 150 cm³/mol. The number of ether oxygens (including phenoxy) is 1. The van der Waals surface area contributed by atoms with Gasteiger partial charge >= 0.3 is 5.97 Å². The van der Waals surface area contributed by atoms with Gasteiger partial charge in [0.1, 0.15) is 5.56 Å². The maximum Gasteiger partial charge on any atom is 0.341 e. The quantitative estimate of drug-likeness (QED) is 0.466. The Kier molecular flexibility index (Phi) is 7.14. The Balaban J connectivity index is 1.31. The summed E-state index contributed by atoms with van der Waals surface area (Å²) >= 11 is 0. The number of carbonyl (C=O) groups excluding carboxylic acids is 2. The maximum atomic E-state index is 13.9. The van der Waals surface area contributed by atoms with Crippen LogP contribution in [0.25, 0.3) is 5.69 Å². The highest BCUT2D eigenvalue weighted by Gasteiger charge is 2.37. The molecule has 1 aromatic heterocycles. The zero-order chi connectivity index (χ0) is 27.8. The molecule has 0 bridgehead atoms. The molecule has 3 aromatic rings. The van der Waals surface area contributed by atoms with Gasteiger partial charge in [0.25, 0.3) is 5.91 Å². The third-order valence-corrected chi connectivity index (χ3v) is 8.56. The van der Waals surface area contributed by atoms with Crippen molar-refractivity contribution < 1.29 is 24.2 Å². The normalized spacial score (nSPS) is 21.3. The van der Waals surface area contributed by atoms with E-state index in [2.05, 4.69) is 6.92 Å². The standard InChI is InChI=1S/C31H34N4O5/c1-20-6-8-21(9-7-20)29(36)35(25-14-16-40-17-15-25)28-27(31(38)39)19-34(32-28)24-12-10-23(11-13-24)33-18-22-4-2-3-5-26(22)30(33)37/h2-5,10-13,19-21,25H,6-9,14-18H2,1H3,(H,38,39). The zero-order valence-electron chi connectivity index (χ0n) is 22.7. The fourth-order valence-corrected chi connectivity index (χ4v) is 6.18. The highest BCUT2D eigenvalue weighted by Crippen LogP contribution is 2.35. The number of hydrogen-bond acceptors (Lipinski definition) is 5. The highest BCUT2D eigenvalue weighted by molar-refractivity contribution is 6.10. The molecule has 2 aromatic carbocycles. The summed E-state index contributed by atoms with van der Waals surface area (Å²) in [6.07, 6.45) is 6.37. The Labute approximate surface area is 233 Å². The lowest BCUT2D eigenvalue weighted by molar-refractivity contribution is -0.124. The van der Waals surface area contributed by atoms with Crippen LogP contribution >= 0.6 is 0 Å². The number of carbonyl (C=O) groups is 3. The first-order valence-corrected chi connectivity index (χ1v) is 14.1. The summed E-state index contributed by atoms with van der Waals surface area (Å²) < 4.78 is 7.07. The van der Waals surface area contributed by atoms with Crippen LogP contribution in [0.3, 0.4) is 0 Å². The monoisotopic (exact) mass is 542 g/mol. The summed E-state index contributed by atoms with van der Waals surface area (Å²) in [6, 6.07) is 14.7. The number of anilines is 2. The van der Waals surface area contributed by atoms with Crippen molar-refractivity contribution >= 4 is 29.3 Å². The molecule has 0 unspecified atom stereocenters. The van der Waals surface area contributed by atoms with Crippen LogP contribution in [0.5, 0.6) is 0 Å².